The van der Waals surface area contributed by atoms with E-state index in [1.54, 1.807) is 24.3 Å². The zero-order chi connectivity index (χ0) is 15.1. The van der Waals surface area contributed by atoms with Crippen molar-refractivity contribution in [1.29, 1.82) is 0 Å². The molecule has 0 atom stereocenters. The van der Waals surface area contributed by atoms with Crippen molar-refractivity contribution in [3.8, 4) is 0 Å². The van der Waals surface area contributed by atoms with Crippen molar-refractivity contribution in [2.75, 3.05) is 5.32 Å². The molecule has 0 aliphatic rings. The fraction of sp³-hybridized carbons (Fsp3) is 0.0714. The second kappa shape index (κ2) is 7.61. The molecule has 0 radical (unpaired) electrons. The number of nitrogens with two attached hydrogens (primary N) is 1. The molecule has 0 spiro atoms. The van der Waals surface area contributed by atoms with Crippen molar-refractivity contribution in [1.82, 2.24) is 5.43 Å². The van der Waals surface area contributed by atoms with Crippen molar-refractivity contribution in [3.05, 3.63) is 54.6 Å². The fourth-order valence-corrected chi connectivity index (χ4v) is 2.08. The summed E-state index contributed by atoms with van der Waals surface area (Å²) in [5, 5.41) is 3.01. The number of hydrogen-bond donors (Lipinski definition) is 3. The molecule has 2 aromatic carbocycles. The predicted octanol–water partition coefficient (Wildman–Crippen LogP) is 3.56. The molecule has 7 heteroatoms. The number of halogens is 2. The van der Waals surface area contributed by atoms with E-state index in [9.17, 15) is 8.78 Å². The van der Waals surface area contributed by atoms with E-state index in [1.807, 2.05) is 30.3 Å². The van der Waals surface area contributed by atoms with Gasteiger partial charge >= 0.3 is 0 Å². The number of anilines is 1. The van der Waals surface area contributed by atoms with E-state index in [1.165, 1.54) is 0 Å². The standard InChI is InChI=1S/C14H14F2N4S/c15-13(16)21-12-8-6-11(7-9-12)19-14(20-17)18-10-4-2-1-3-5-10/h1-9,13H,17H2,(H2,18,19,20). The highest BCUT2D eigenvalue weighted by atomic mass is 32.2. The third-order valence-electron chi connectivity index (χ3n) is 2.48. The Balaban J connectivity index is 2.08. The number of alkyl halides is 2. The highest BCUT2D eigenvalue weighted by molar-refractivity contribution is 7.99. The van der Waals surface area contributed by atoms with Gasteiger partial charge in [0.05, 0.1) is 5.69 Å². The lowest BCUT2D eigenvalue weighted by Gasteiger charge is -2.09. The molecule has 0 bridgehead atoms. The van der Waals surface area contributed by atoms with Crippen molar-refractivity contribution in [2.24, 2.45) is 10.8 Å². The van der Waals surface area contributed by atoms with E-state index >= 15 is 0 Å². The Morgan fingerprint density at radius 1 is 1.05 bits per heavy atom. The lowest BCUT2D eigenvalue weighted by molar-refractivity contribution is 0.252. The van der Waals surface area contributed by atoms with Crippen LogP contribution in [-0.4, -0.2) is 11.7 Å². The predicted molar refractivity (Wildman–Crippen MR) is 82.8 cm³/mol. The SMILES string of the molecule is NNC(=Nc1ccc(SC(F)F)cc1)Nc1ccccc1. The molecular formula is C14H14F2N4S. The normalized spacial score (nSPS) is 11.5. The minimum absolute atomic E-state index is 0.357. The molecule has 0 aliphatic carbocycles. The Kier molecular flexibility index (Phi) is 5.53. The van der Waals surface area contributed by atoms with Crippen LogP contribution >= 0.6 is 11.8 Å². The lowest BCUT2D eigenvalue weighted by Crippen LogP contribution is -2.35. The van der Waals surface area contributed by atoms with Crippen LogP contribution in [0, 0.1) is 0 Å². The van der Waals surface area contributed by atoms with Crippen molar-refractivity contribution >= 4 is 29.1 Å². The second-order valence-electron chi connectivity index (χ2n) is 3.97. The van der Waals surface area contributed by atoms with Crippen LogP contribution in [0.4, 0.5) is 20.2 Å². The summed E-state index contributed by atoms with van der Waals surface area (Å²) in [6.07, 6.45) is 0. The third kappa shape index (κ3) is 5.05. The van der Waals surface area contributed by atoms with E-state index < -0.39 is 5.76 Å². The Bertz CT molecular complexity index is 588. The summed E-state index contributed by atoms with van der Waals surface area (Å²) in [5.74, 6) is 3.34. The largest absolute Gasteiger partial charge is 0.325 e. The molecule has 0 saturated heterocycles. The maximum atomic E-state index is 12.2. The highest BCUT2D eigenvalue weighted by Gasteiger charge is 2.05. The fourth-order valence-electron chi connectivity index (χ4n) is 1.59. The Labute approximate surface area is 125 Å². The second-order valence-corrected chi connectivity index (χ2v) is 5.03. The van der Waals surface area contributed by atoms with Crippen molar-refractivity contribution < 1.29 is 8.78 Å². The lowest BCUT2D eigenvalue weighted by atomic mass is 10.3. The maximum absolute atomic E-state index is 12.2. The van der Waals surface area contributed by atoms with Crippen LogP contribution in [0.3, 0.4) is 0 Å². The molecule has 0 aromatic heterocycles. The average molecular weight is 308 g/mol. The molecule has 0 saturated carbocycles. The number of guanidine groups is 1. The number of nitrogens with one attached hydrogen (secondary N) is 2. The maximum Gasteiger partial charge on any atom is 0.288 e. The van der Waals surface area contributed by atoms with E-state index in [2.05, 4.69) is 15.7 Å². The minimum Gasteiger partial charge on any atom is -0.325 e. The quantitative estimate of drug-likeness (QED) is 0.266. The van der Waals surface area contributed by atoms with Gasteiger partial charge in [-0.05, 0) is 36.4 Å². The molecular weight excluding hydrogens is 294 g/mol. The van der Waals surface area contributed by atoms with Gasteiger partial charge < -0.3 is 5.32 Å². The van der Waals surface area contributed by atoms with Crippen molar-refractivity contribution in [2.45, 2.75) is 10.7 Å². The van der Waals surface area contributed by atoms with Gasteiger partial charge in [-0.2, -0.15) is 8.78 Å². The molecule has 110 valence electrons. The van der Waals surface area contributed by atoms with Crippen LogP contribution in [0.25, 0.3) is 0 Å². The zero-order valence-corrected chi connectivity index (χ0v) is 11.8. The molecule has 0 amide bonds. The minimum atomic E-state index is -2.43. The molecule has 0 fully saturated rings. The first-order chi connectivity index (χ1) is 10.2. The van der Waals surface area contributed by atoms with Crippen LogP contribution in [0.15, 0.2) is 64.5 Å². The monoisotopic (exact) mass is 308 g/mol. The third-order valence-corrected chi connectivity index (χ3v) is 3.20. The summed E-state index contributed by atoms with van der Waals surface area (Å²) >= 11 is 0.497. The molecule has 2 rings (SSSR count). The van der Waals surface area contributed by atoms with E-state index in [-0.39, 0.29) is 0 Å². The van der Waals surface area contributed by atoms with Crippen LogP contribution in [-0.2, 0) is 0 Å². The molecule has 0 aliphatic heterocycles. The summed E-state index contributed by atoms with van der Waals surface area (Å²) in [6, 6.07) is 15.9. The van der Waals surface area contributed by atoms with Gasteiger partial charge in [0.1, 0.15) is 0 Å². The van der Waals surface area contributed by atoms with Crippen LogP contribution in [0.2, 0.25) is 0 Å². The van der Waals surface area contributed by atoms with Gasteiger partial charge in [-0.3, -0.25) is 5.43 Å². The summed E-state index contributed by atoms with van der Waals surface area (Å²) in [6.45, 7) is 0. The Hall–Kier alpha value is -2.12. The van der Waals surface area contributed by atoms with Gasteiger partial charge in [0, 0.05) is 10.6 Å². The van der Waals surface area contributed by atoms with Crippen LogP contribution in [0.5, 0.6) is 0 Å². The van der Waals surface area contributed by atoms with Crippen LogP contribution < -0.4 is 16.6 Å². The number of thioether (sulfide) groups is 1. The van der Waals surface area contributed by atoms with Crippen LogP contribution in [0.1, 0.15) is 0 Å². The summed E-state index contributed by atoms with van der Waals surface area (Å²) in [4.78, 5) is 4.75. The van der Waals surface area contributed by atoms with Gasteiger partial charge in [-0.1, -0.05) is 30.0 Å². The number of aliphatic imine (C=N–C) groups is 1. The number of nitrogens with zero attached hydrogens (tertiary/aromatic N) is 1. The zero-order valence-electron chi connectivity index (χ0n) is 11.0. The molecule has 2 aromatic rings. The Morgan fingerprint density at radius 3 is 2.29 bits per heavy atom. The number of hydrogen-bond acceptors (Lipinski definition) is 3. The van der Waals surface area contributed by atoms with Gasteiger partial charge in [-0.15, -0.1) is 0 Å². The molecule has 21 heavy (non-hydrogen) atoms. The first-order valence-electron chi connectivity index (χ1n) is 6.09. The Morgan fingerprint density at radius 2 is 1.71 bits per heavy atom. The topological polar surface area (TPSA) is 62.4 Å². The van der Waals surface area contributed by atoms with Gasteiger partial charge in [0.2, 0.25) is 5.96 Å². The average Bonchev–Trinajstić information content (AvgIpc) is 2.49. The molecule has 4 nitrogen and oxygen atoms in total. The number of rotatable bonds is 4. The van der Waals surface area contributed by atoms with Crippen molar-refractivity contribution in [3.63, 3.8) is 0 Å². The number of benzene rings is 2. The van der Waals surface area contributed by atoms with Gasteiger partial charge in [-0.25, -0.2) is 10.8 Å². The number of hydrazine groups is 1. The molecule has 0 heterocycles. The molecule has 0 unspecified atom stereocenters. The first kappa shape index (κ1) is 15.3. The van der Waals surface area contributed by atoms with E-state index in [0.717, 1.165) is 5.69 Å². The highest BCUT2D eigenvalue weighted by Crippen LogP contribution is 2.26. The van der Waals surface area contributed by atoms with Gasteiger partial charge in [0.25, 0.3) is 5.76 Å². The van der Waals surface area contributed by atoms with Gasteiger partial charge in [0.15, 0.2) is 0 Å². The smallest absolute Gasteiger partial charge is 0.288 e. The summed E-state index contributed by atoms with van der Waals surface area (Å²) in [7, 11) is 0. The van der Waals surface area contributed by atoms with E-state index in [4.69, 9.17) is 5.84 Å². The van der Waals surface area contributed by atoms with E-state index in [0.29, 0.717) is 28.3 Å². The first-order valence-corrected chi connectivity index (χ1v) is 6.97. The number of para-hydroxylation sites is 1. The summed E-state index contributed by atoms with van der Waals surface area (Å²) in [5.41, 5.74) is 3.89. The molecule has 4 N–H and O–H groups in total. The summed E-state index contributed by atoms with van der Waals surface area (Å²) < 4.78 is 24.5.